The predicted molar refractivity (Wildman–Crippen MR) is 66.5 cm³/mol. The summed E-state index contributed by atoms with van der Waals surface area (Å²) in [5.74, 6) is 0.777. The molecular weight excluding hydrogens is 272 g/mol. The predicted octanol–water partition coefficient (Wildman–Crippen LogP) is 1.29. The van der Waals surface area contributed by atoms with E-state index >= 15 is 0 Å². The Kier molecular flexibility index (Phi) is 5.28. The van der Waals surface area contributed by atoms with Crippen molar-refractivity contribution in [1.82, 2.24) is 10.6 Å². The molecule has 0 aliphatic carbocycles. The van der Waals surface area contributed by atoms with Crippen LogP contribution in [0.4, 0.5) is 0 Å². The third kappa shape index (κ3) is 3.83. The Bertz CT molecular complexity index is 369. The Labute approximate surface area is 103 Å². The fourth-order valence-electron chi connectivity index (χ4n) is 1.21. The topological polar surface area (TPSA) is 50.4 Å². The Morgan fingerprint density at radius 1 is 1.50 bits per heavy atom. The van der Waals surface area contributed by atoms with Gasteiger partial charge in [-0.2, -0.15) is 0 Å². The van der Waals surface area contributed by atoms with Crippen molar-refractivity contribution in [3.8, 4) is 5.75 Å². The summed E-state index contributed by atoms with van der Waals surface area (Å²) in [6.07, 6.45) is 0. The van der Waals surface area contributed by atoms with Gasteiger partial charge >= 0.3 is 0 Å². The quantitative estimate of drug-likeness (QED) is 0.858. The molecule has 1 aromatic rings. The van der Waals surface area contributed by atoms with Gasteiger partial charge in [-0.3, -0.25) is 4.79 Å². The molecule has 1 aromatic carbocycles. The summed E-state index contributed by atoms with van der Waals surface area (Å²) in [7, 11) is 3.25. The van der Waals surface area contributed by atoms with E-state index in [1.54, 1.807) is 14.2 Å². The van der Waals surface area contributed by atoms with E-state index in [1.807, 2.05) is 18.2 Å². The van der Waals surface area contributed by atoms with Crippen molar-refractivity contribution in [1.29, 1.82) is 0 Å². The third-order valence-electron chi connectivity index (χ3n) is 2.13. The van der Waals surface area contributed by atoms with Gasteiger partial charge in [0.1, 0.15) is 5.75 Å². The number of methoxy groups -OCH3 is 1. The zero-order chi connectivity index (χ0) is 12.0. The second kappa shape index (κ2) is 6.50. The van der Waals surface area contributed by atoms with Crippen LogP contribution in [0.2, 0.25) is 0 Å². The molecule has 0 aliphatic heterocycles. The summed E-state index contributed by atoms with van der Waals surface area (Å²) < 4.78 is 6.13. The van der Waals surface area contributed by atoms with Gasteiger partial charge in [0.05, 0.1) is 13.7 Å². The van der Waals surface area contributed by atoms with Crippen LogP contribution in [-0.4, -0.2) is 26.6 Å². The molecule has 2 N–H and O–H groups in total. The van der Waals surface area contributed by atoms with Gasteiger partial charge in [0.15, 0.2) is 0 Å². The van der Waals surface area contributed by atoms with E-state index in [4.69, 9.17) is 4.74 Å². The second-order valence-corrected chi connectivity index (χ2v) is 4.09. The first-order valence-electron chi connectivity index (χ1n) is 4.91. The van der Waals surface area contributed by atoms with Crippen LogP contribution in [0, 0.1) is 0 Å². The summed E-state index contributed by atoms with van der Waals surface area (Å²) >= 11 is 3.45. The lowest BCUT2D eigenvalue weighted by atomic mass is 10.2. The van der Waals surface area contributed by atoms with Crippen LogP contribution in [0.1, 0.15) is 5.56 Å². The van der Waals surface area contributed by atoms with Crippen molar-refractivity contribution in [2.45, 2.75) is 6.54 Å². The number of rotatable bonds is 5. The van der Waals surface area contributed by atoms with Gasteiger partial charge in [0.25, 0.3) is 0 Å². The fourth-order valence-corrected chi connectivity index (χ4v) is 1.60. The Balaban J connectivity index is 2.55. The van der Waals surface area contributed by atoms with Crippen LogP contribution in [0.5, 0.6) is 5.75 Å². The van der Waals surface area contributed by atoms with Gasteiger partial charge in [-0.25, -0.2) is 0 Å². The van der Waals surface area contributed by atoms with Crippen molar-refractivity contribution in [3.05, 3.63) is 28.2 Å². The molecule has 0 radical (unpaired) electrons. The van der Waals surface area contributed by atoms with Gasteiger partial charge in [-0.15, -0.1) is 0 Å². The molecule has 4 nitrogen and oxygen atoms in total. The summed E-state index contributed by atoms with van der Waals surface area (Å²) in [5.41, 5.74) is 1.06. The van der Waals surface area contributed by atoms with Crippen LogP contribution in [0.3, 0.4) is 0 Å². The number of carbonyl (C=O) groups excluding carboxylic acids is 1. The summed E-state index contributed by atoms with van der Waals surface area (Å²) in [4.78, 5) is 11.0. The lowest BCUT2D eigenvalue weighted by Crippen LogP contribution is -2.31. The summed E-state index contributed by atoms with van der Waals surface area (Å²) in [5, 5.41) is 5.60. The van der Waals surface area contributed by atoms with Gasteiger partial charge in [0, 0.05) is 18.1 Å². The number of hydrogen-bond donors (Lipinski definition) is 2. The zero-order valence-electron chi connectivity index (χ0n) is 9.34. The van der Waals surface area contributed by atoms with Crippen LogP contribution < -0.4 is 15.4 Å². The Hall–Kier alpha value is -1.07. The number of nitrogens with one attached hydrogen (secondary N) is 2. The first-order chi connectivity index (χ1) is 7.67. The highest BCUT2D eigenvalue weighted by Crippen LogP contribution is 2.22. The van der Waals surface area contributed by atoms with E-state index in [9.17, 15) is 4.79 Å². The SMILES string of the molecule is CNC(=O)CNCc1cc(OC)ccc1Br. The largest absolute Gasteiger partial charge is 0.497 e. The van der Waals surface area contributed by atoms with Crippen molar-refractivity contribution < 1.29 is 9.53 Å². The molecule has 0 fully saturated rings. The lowest BCUT2D eigenvalue weighted by Gasteiger charge is -2.08. The molecule has 0 aromatic heterocycles. The second-order valence-electron chi connectivity index (χ2n) is 3.23. The smallest absolute Gasteiger partial charge is 0.233 e. The van der Waals surface area contributed by atoms with Crippen LogP contribution in [0.25, 0.3) is 0 Å². The average Bonchev–Trinajstić information content (AvgIpc) is 2.31. The van der Waals surface area contributed by atoms with Gasteiger partial charge in [-0.1, -0.05) is 15.9 Å². The molecule has 1 amide bonds. The minimum Gasteiger partial charge on any atom is -0.497 e. The minimum absolute atomic E-state index is 0.0287. The summed E-state index contributed by atoms with van der Waals surface area (Å²) in [6.45, 7) is 0.922. The number of carbonyl (C=O) groups is 1. The maximum Gasteiger partial charge on any atom is 0.233 e. The molecule has 0 saturated carbocycles. The molecule has 0 bridgehead atoms. The monoisotopic (exact) mass is 286 g/mol. The van der Waals surface area contributed by atoms with E-state index in [1.165, 1.54) is 0 Å². The molecule has 0 aliphatic rings. The average molecular weight is 287 g/mol. The van der Waals surface area contributed by atoms with Gasteiger partial charge < -0.3 is 15.4 Å². The Morgan fingerprint density at radius 2 is 2.25 bits per heavy atom. The van der Waals surface area contributed by atoms with Crippen molar-refractivity contribution in [2.75, 3.05) is 20.7 Å². The van der Waals surface area contributed by atoms with Crippen LogP contribution in [0.15, 0.2) is 22.7 Å². The van der Waals surface area contributed by atoms with E-state index in [2.05, 4.69) is 26.6 Å². The van der Waals surface area contributed by atoms with Gasteiger partial charge in [-0.05, 0) is 23.8 Å². The number of likely N-dealkylation sites (N-methyl/N-ethyl adjacent to an activating group) is 1. The number of ether oxygens (including phenoxy) is 1. The van der Waals surface area contributed by atoms with Gasteiger partial charge in [0.2, 0.25) is 5.91 Å². The number of halogens is 1. The highest BCUT2D eigenvalue weighted by atomic mass is 79.9. The molecule has 16 heavy (non-hydrogen) atoms. The molecule has 0 atom stereocenters. The molecule has 0 heterocycles. The van der Waals surface area contributed by atoms with Crippen molar-refractivity contribution in [2.24, 2.45) is 0 Å². The number of amides is 1. The molecule has 88 valence electrons. The number of hydrogen-bond acceptors (Lipinski definition) is 3. The number of benzene rings is 1. The summed E-state index contributed by atoms with van der Waals surface area (Å²) in [6, 6.07) is 5.74. The highest BCUT2D eigenvalue weighted by molar-refractivity contribution is 9.10. The maximum atomic E-state index is 11.0. The van der Waals surface area contributed by atoms with E-state index < -0.39 is 0 Å². The van der Waals surface area contributed by atoms with E-state index in [-0.39, 0.29) is 5.91 Å². The molecule has 5 heteroatoms. The first kappa shape index (κ1) is 13.0. The molecule has 0 spiro atoms. The first-order valence-corrected chi connectivity index (χ1v) is 5.70. The molecule has 1 rings (SSSR count). The van der Waals surface area contributed by atoms with E-state index in [0.29, 0.717) is 13.1 Å². The van der Waals surface area contributed by atoms with Crippen LogP contribution in [-0.2, 0) is 11.3 Å². The molecular formula is C11H15BrN2O2. The van der Waals surface area contributed by atoms with Crippen molar-refractivity contribution in [3.63, 3.8) is 0 Å². The molecule has 0 saturated heterocycles. The fraction of sp³-hybridized carbons (Fsp3) is 0.364. The maximum absolute atomic E-state index is 11.0. The molecule has 0 unspecified atom stereocenters. The minimum atomic E-state index is -0.0287. The zero-order valence-corrected chi connectivity index (χ0v) is 10.9. The highest BCUT2D eigenvalue weighted by Gasteiger charge is 2.03. The lowest BCUT2D eigenvalue weighted by molar-refractivity contribution is -0.119. The van der Waals surface area contributed by atoms with E-state index in [0.717, 1.165) is 15.8 Å². The Morgan fingerprint density at radius 3 is 2.88 bits per heavy atom. The van der Waals surface area contributed by atoms with Crippen molar-refractivity contribution >= 4 is 21.8 Å². The normalized spacial score (nSPS) is 9.94. The third-order valence-corrected chi connectivity index (χ3v) is 2.91. The standard InChI is InChI=1S/C11H15BrN2O2/c1-13-11(15)7-14-6-8-5-9(16-2)3-4-10(8)12/h3-5,14H,6-7H2,1-2H3,(H,13,15). The van der Waals surface area contributed by atoms with Crippen LogP contribution >= 0.6 is 15.9 Å².